The van der Waals surface area contributed by atoms with E-state index in [1.807, 2.05) is 35.8 Å². The van der Waals surface area contributed by atoms with Crippen LogP contribution in [0.5, 0.6) is 0 Å². The van der Waals surface area contributed by atoms with Gasteiger partial charge < -0.3 is 20.0 Å². The predicted octanol–water partition coefficient (Wildman–Crippen LogP) is 4.52. The van der Waals surface area contributed by atoms with Gasteiger partial charge in [0, 0.05) is 17.1 Å². The molecule has 3 aromatic carbocycles. The molecule has 8 heteroatoms. The number of hydrogen-bond acceptors (Lipinski definition) is 6. The van der Waals surface area contributed by atoms with E-state index in [4.69, 9.17) is 20.4 Å². The van der Waals surface area contributed by atoms with Gasteiger partial charge in [-0.05, 0) is 55.3 Å². The number of fused-ring (bicyclic) bond motifs is 2. The minimum atomic E-state index is -0.827. The molecule has 1 amide bonds. The minimum Gasteiger partial charge on any atom is -0.422 e. The lowest BCUT2D eigenvalue weighted by atomic mass is 10.0. The number of carbonyl (C=O) groups is 1. The van der Waals surface area contributed by atoms with E-state index < -0.39 is 11.5 Å². The zero-order valence-electron chi connectivity index (χ0n) is 19.1. The number of nitrogens with one attached hydrogen (secondary N) is 1. The summed E-state index contributed by atoms with van der Waals surface area (Å²) in [5, 5.41) is 13.0. The quantitative estimate of drug-likeness (QED) is 0.369. The summed E-state index contributed by atoms with van der Waals surface area (Å²) in [6.45, 7) is 4.22. The molecular formula is C27H21N5O3. The topological polar surface area (TPSA) is 127 Å². The van der Waals surface area contributed by atoms with E-state index in [0.717, 1.165) is 22.3 Å². The number of carbonyl (C=O) groups excluding carboxylic acids is 1. The average molecular weight is 463 g/mol. The van der Waals surface area contributed by atoms with E-state index in [0.29, 0.717) is 40.1 Å². The number of hydrogen-bond donors (Lipinski definition) is 2. The summed E-state index contributed by atoms with van der Waals surface area (Å²) in [5.74, 6) is -0.248. The molecule has 0 aliphatic heterocycles. The summed E-state index contributed by atoms with van der Waals surface area (Å²) < 4.78 is 7.46. The van der Waals surface area contributed by atoms with Gasteiger partial charge in [-0.1, -0.05) is 29.8 Å². The van der Waals surface area contributed by atoms with Gasteiger partial charge in [-0.3, -0.25) is 4.79 Å². The van der Waals surface area contributed by atoms with Crippen LogP contribution in [0, 0.1) is 25.2 Å². The van der Waals surface area contributed by atoms with Crippen LogP contribution in [-0.4, -0.2) is 15.5 Å². The Hall–Kier alpha value is -4.90. The normalized spacial score (nSPS) is 11.0. The molecule has 172 valence electrons. The number of nitriles is 1. The second kappa shape index (κ2) is 8.47. The fraction of sp³-hybridized carbons (Fsp3) is 0.111. The molecule has 0 saturated heterocycles. The first-order chi connectivity index (χ1) is 16.8. The fourth-order valence-electron chi connectivity index (χ4n) is 4.14. The van der Waals surface area contributed by atoms with Crippen molar-refractivity contribution in [3.05, 3.63) is 98.9 Å². The van der Waals surface area contributed by atoms with Gasteiger partial charge in [0.05, 0.1) is 29.2 Å². The van der Waals surface area contributed by atoms with E-state index in [9.17, 15) is 9.59 Å². The van der Waals surface area contributed by atoms with Crippen molar-refractivity contribution >= 4 is 39.5 Å². The molecule has 0 saturated carbocycles. The van der Waals surface area contributed by atoms with Gasteiger partial charge in [-0.15, -0.1) is 0 Å². The molecule has 5 aromatic rings. The van der Waals surface area contributed by atoms with Gasteiger partial charge in [0.1, 0.15) is 11.1 Å². The third kappa shape index (κ3) is 4.00. The lowest BCUT2D eigenvalue weighted by Crippen LogP contribution is -2.22. The van der Waals surface area contributed by atoms with Crippen molar-refractivity contribution in [3.63, 3.8) is 0 Å². The molecule has 0 atom stereocenters. The smallest absolute Gasteiger partial charge is 0.349 e. The standard InChI is InChI=1S/C27H21N5O3/c1-15-3-5-18(6-4-15)14-32-22-12-23-20(16(2)24(25(29)33)26(34)35-23)11-21(22)31-27(32)30-19-9-7-17(13-28)8-10-19/h3-12H,14H2,1-2H3,(H2,29,33)(H,30,31). The number of anilines is 2. The summed E-state index contributed by atoms with van der Waals surface area (Å²) in [4.78, 5) is 29.0. The van der Waals surface area contributed by atoms with E-state index in [-0.39, 0.29) is 5.56 Å². The molecular weight excluding hydrogens is 442 g/mol. The Labute approximate surface area is 200 Å². The molecule has 35 heavy (non-hydrogen) atoms. The van der Waals surface area contributed by atoms with Gasteiger partial charge in [0.2, 0.25) is 5.95 Å². The number of imidazole rings is 1. The fourth-order valence-corrected chi connectivity index (χ4v) is 4.14. The molecule has 0 aliphatic rings. The number of nitrogens with two attached hydrogens (primary N) is 1. The van der Waals surface area contributed by atoms with E-state index >= 15 is 0 Å². The van der Waals surface area contributed by atoms with Crippen molar-refractivity contribution in [2.45, 2.75) is 20.4 Å². The first-order valence-corrected chi connectivity index (χ1v) is 10.9. The Balaban J connectivity index is 1.71. The molecule has 3 N–H and O–H groups in total. The van der Waals surface area contributed by atoms with Crippen molar-refractivity contribution < 1.29 is 9.21 Å². The molecule has 2 heterocycles. The van der Waals surface area contributed by atoms with Crippen molar-refractivity contribution in [1.29, 1.82) is 5.26 Å². The van der Waals surface area contributed by atoms with Crippen molar-refractivity contribution in [2.24, 2.45) is 5.73 Å². The van der Waals surface area contributed by atoms with Crippen LogP contribution in [0.2, 0.25) is 0 Å². The third-order valence-corrected chi connectivity index (χ3v) is 6.01. The van der Waals surface area contributed by atoms with E-state index in [1.54, 1.807) is 31.2 Å². The minimum absolute atomic E-state index is 0.160. The number of benzene rings is 3. The number of aryl methyl sites for hydroxylation is 2. The van der Waals surface area contributed by atoms with Gasteiger partial charge in [0.25, 0.3) is 5.91 Å². The molecule has 0 unspecified atom stereocenters. The van der Waals surface area contributed by atoms with Crippen LogP contribution in [0.3, 0.4) is 0 Å². The first-order valence-electron chi connectivity index (χ1n) is 10.9. The van der Waals surface area contributed by atoms with E-state index in [2.05, 4.69) is 23.5 Å². The average Bonchev–Trinajstić information content (AvgIpc) is 3.15. The first kappa shape index (κ1) is 21.9. The van der Waals surface area contributed by atoms with E-state index in [1.165, 1.54) is 0 Å². The summed E-state index contributed by atoms with van der Waals surface area (Å²) in [6, 6.07) is 20.9. The molecule has 0 spiro atoms. The predicted molar refractivity (Wildman–Crippen MR) is 134 cm³/mol. The van der Waals surface area contributed by atoms with Crippen LogP contribution in [0.4, 0.5) is 11.6 Å². The summed E-state index contributed by atoms with van der Waals surface area (Å²) in [7, 11) is 0. The Morgan fingerprint density at radius 1 is 1.11 bits per heavy atom. The molecule has 0 fully saturated rings. The van der Waals surface area contributed by atoms with Crippen LogP contribution < -0.4 is 16.7 Å². The Bertz CT molecular complexity index is 1710. The van der Waals surface area contributed by atoms with Crippen LogP contribution in [0.15, 0.2) is 69.9 Å². The summed E-state index contributed by atoms with van der Waals surface area (Å²) in [5.41, 5.74) is 10.3. The summed E-state index contributed by atoms with van der Waals surface area (Å²) in [6.07, 6.45) is 0. The highest BCUT2D eigenvalue weighted by molar-refractivity contribution is 6.01. The van der Waals surface area contributed by atoms with Gasteiger partial charge in [-0.25, -0.2) is 9.78 Å². The largest absolute Gasteiger partial charge is 0.422 e. The van der Waals surface area contributed by atoms with Crippen LogP contribution in [-0.2, 0) is 6.54 Å². The monoisotopic (exact) mass is 463 g/mol. The maximum atomic E-state index is 12.4. The number of nitrogens with zero attached hydrogens (tertiary/aromatic N) is 3. The lowest BCUT2D eigenvalue weighted by Gasteiger charge is -2.12. The Morgan fingerprint density at radius 2 is 1.83 bits per heavy atom. The summed E-state index contributed by atoms with van der Waals surface area (Å²) >= 11 is 0. The van der Waals surface area contributed by atoms with Crippen molar-refractivity contribution in [1.82, 2.24) is 9.55 Å². The highest BCUT2D eigenvalue weighted by Gasteiger charge is 2.19. The molecule has 0 radical (unpaired) electrons. The molecule has 8 nitrogen and oxygen atoms in total. The van der Waals surface area contributed by atoms with Crippen molar-refractivity contribution in [2.75, 3.05) is 5.32 Å². The highest BCUT2D eigenvalue weighted by Crippen LogP contribution is 2.30. The number of rotatable bonds is 5. The molecule has 0 bridgehead atoms. The Morgan fingerprint density at radius 3 is 2.49 bits per heavy atom. The maximum absolute atomic E-state index is 12.4. The number of amides is 1. The molecule has 5 rings (SSSR count). The van der Waals surface area contributed by atoms with Crippen LogP contribution in [0.1, 0.15) is 32.6 Å². The highest BCUT2D eigenvalue weighted by atomic mass is 16.4. The van der Waals surface area contributed by atoms with Gasteiger partial charge in [-0.2, -0.15) is 5.26 Å². The van der Waals surface area contributed by atoms with Crippen LogP contribution >= 0.6 is 0 Å². The van der Waals surface area contributed by atoms with Crippen molar-refractivity contribution in [3.8, 4) is 6.07 Å². The second-order valence-electron chi connectivity index (χ2n) is 8.41. The SMILES string of the molecule is Cc1ccc(Cn2c(Nc3ccc(C#N)cc3)nc3cc4c(C)c(C(N)=O)c(=O)oc4cc32)cc1. The van der Waals surface area contributed by atoms with Crippen LogP contribution in [0.25, 0.3) is 22.0 Å². The zero-order valence-corrected chi connectivity index (χ0v) is 19.1. The van der Waals surface area contributed by atoms with Gasteiger partial charge in [0.15, 0.2) is 0 Å². The lowest BCUT2D eigenvalue weighted by molar-refractivity contribution is 0.0996. The Kier molecular flexibility index (Phi) is 5.30. The maximum Gasteiger partial charge on any atom is 0.349 e. The van der Waals surface area contributed by atoms with Gasteiger partial charge >= 0.3 is 5.63 Å². The second-order valence-corrected chi connectivity index (χ2v) is 8.41. The molecule has 2 aromatic heterocycles. The zero-order chi connectivity index (χ0) is 24.7. The number of primary amides is 1. The molecule has 0 aliphatic carbocycles. The third-order valence-electron chi connectivity index (χ3n) is 6.01. The number of aromatic nitrogens is 2.